The van der Waals surface area contributed by atoms with E-state index in [4.69, 9.17) is 16.3 Å². The second-order valence-electron chi connectivity index (χ2n) is 5.93. The molecule has 1 aliphatic rings. The Hall–Kier alpha value is -1.55. The second-order valence-corrected chi connectivity index (χ2v) is 6.37. The number of benzene rings is 2. The molecule has 1 fully saturated rings. The molecule has 2 aromatic rings. The van der Waals surface area contributed by atoms with Crippen molar-refractivity contribution in [3.63, 3.8) is 0 Å². The van der Waals surface area contributed by atoms with Gasteiger partial charge in [-0.15, -0.1) is 0 Å². The SMILES string of the molecule is COc1ccc(Cl)cc1C(c1ccccc1C)N1CCNCC1. The third-order valence-electron chi connectivity index (χ3n) is 4.49. The van der Waals surface area contributed by atoms with Crippen LogP contribution in [0.1, 0.15) is 22.7 Å². The van der Waals surface area contributed by atoms with Crippen molar-refractivity contribution >= 4 is 11.6 Å². The standard InChI is InChI=1S/C19H23ClN2O/c1-14-5-3-4-6-16(14)19(22-11-9-21-10-12-22)17-13-15(20)7-8-18(17)23-2/h3-8,13,19,21H,9-12H2,1-2H3. The Morgan fingerprint density at radius 3 is 2.52 bits per heavy atom. The summed E-state index contributed by atoms with van der Waals surface area (Å²) in [6, 6.07) is 14.6. The van der Waals surface area contributed by atoms with Crippen LogP contribution < -0.4 is 10.1 Å². The summed E-state index contributed by atoms with van der Waals surface area (Å²) in [5.41, 5.74) is 3.74. The molecule has 2 aromatic carbocycles. The Morgan fingerprint density at radius 2 is 1.83 bits per heavy atom. The normalized spacial score (nSPS) is 17.0. The minimum absolute atomic E-state index is 0.159. The molecule has 122 valence electrons. The van der Waals surface area contributed by atoms with Gasteiger partial charge in [-0.25, -0.2) is 0 Å². The van der Waals surface area contributed by atoms with E-state index in [-0.39, 0.29) is 6.04 Å². The highest BCUT2D eigenvalue weighted by molar-refractivity contribution is 6.30. The van der Waals surface area contributed by atoms with Gasteiger partial charge in [0.25, 0.3) is 0 Å². The summed E-state index contributed by atoms with van der Waals surface area (Å²) in [6.07, 6.45) is 0. The van der Waals surface area contributed by atoms with Crippen molar-refractivity contribution in [2.45, 2.75) is 13.0 Å². The number of piperazine rings is 1. The first-order chi connectivity index (χ1) is 11.2. The van der Waals surface area contributed by atoms with Gasteiger partial charge in [0.1, 0.15) is 5.75 Å². The largest absolute Gasteiger partial charge is 0.496 e. The molecule has 0 aliphatic carbocycles. The molecule has 1 unspecified atom stereocenters. The van der Waals surface area contributed by atoms with Crippen LogP contribution in [0.25, 0.3) is 0 Å². The van der Waals surface area contributed by atoms with Crippen molar-refractivity contribution in [3.8, 4) is 5.75 Å². The van der Waals surface area contributed by atoms with E-state index in [1.165, 1.54) is 11.1 Å². The Morgan fingerprint density at radius 1 is 1.09 bits per heavy atom. The average Bonchev–Trinajstić information content (AvgIpc) is 2.58. The zero-order valence-corrected chi connectivity index (χ0v) is 14.4. The van der Waals surface area contributed by atoms with Crippen LogP contribution in [-0.2, 0) is 0 Å². The molecule has 3 rings (SSSR count). The summed E-state index contributed by atoms with van der Waals surface area (Å²) in [5, 5.41) is 4.17. The number of hydrogen-bond acceptors (Lipinski definition) is 3. The zero-order valence-electron chi connectivity index (χ0n) is 13.7. The van der Waals surface area contributed by atoms with Crippen molar-refractivity contribution < 1.29 is 4.74 Å². The maximum Gasteiger partial charge on any atom is 0.124 e. The van der Waals surface area contributed by atoms with Gasteiger partial charge in [0, 0.05) is 36.8 Å². The Balaban J connectivity index is 2.12. The Bertz CT molecular complexity index is 668. The van der Waals surface area contributed by atoms with Crippen molar-refractivity contribution in [3.05, 3.63) is 64.2 Å². The van der Waals surface area contributed by atoms with E-state index in [1.807, 2.05) is 18.2 Å². The Labute approximate surface area is 143 Å². The van der Waals surface area contributed by atoms with E-state index in [0.717, 1.165) is 42.5 Å². The van der Waals surface area contributed by atoms with Gasteiger partial charge in [0.05, 0.1) is 13.2 Å². The molecule has 0 saturated carbocycles. The molecule has 0 amide bonds. The van der Waals surface area contributed by atoms with E-state index in [9.17, 15) is 0 Å². The first-order valence-corrected chi connectivity index (χ1v) is 8.42. The van der Waals surface area contributed by atoms with E-state index < -0.39 is 0 Å². The fourth-order valence-electron chi connectivity index (χ4n) is 3.31. The minimum Gasteiger partial charge on any atom is -0.496 e. The number of ether oxygens (including phenoxy) is 1. The van der Waals surface area contributed by atoms with Gasteiger partial charge >= 0.3 is 0 Å². The molecule has 1 heterocycles. The molecule has 0 aromatic heterocycles. The maximum absolute atomic E-state index is 6.30. The van der Waals surface area contributed by atoms with Gasteiger partial charge in [0.15, 0.2) is 0 Å². The van der Waals surface area contributed by atoms with E-state index >= 15 is 0 Å². The summed E-state index contributed by atoms with van der Waals surface area (Å²) in [5.74, 6) is 0.890. The molecular weight excluding hydrogens is 308 g/mol. The second kappa shape index (κ2) is 7.35. The van der Waals surface area contributed by atoms with Crippen molar-refractivity contribution in [2.75, 3.05) is 33.3 Å². The fourth-order valence-corrected chi connectivity index (χ4v) is 3.49. The molecular formula is C19H23ClN2O. The lowest BCUT2D eigenvalue weighted by atomic mass is 9.92. The molecule has 4 heteroatoms. The van der Waals surface area contributed by atoms with Crippen LogP contribution in [0.2, 0.25) is 5.02 Å². The molecule has 0 radical (unpaired) electrons. The predicted molar refractivity (Wildman–Crippen MR) is 95.5 cm³/mol. The third kappa shape index (κ3) is 3.52. The number of halogens is 1. The molecule has 23 heavy (non-hydrogen) atoms. The van der Waals surface area contributed by atoms with Crippen molar-refractivity contribution in [1.82, 2.24) is 10.2 Å². The lowest BCUT2D eigenvalue weighted by Crippen LogP contribution is -2.45. The first-order valence-electron chi connectivity index (χ1n) is 8.04. The number of nitrogens with one attached hydrogen (secondary N) is 1. The van der Waals surface area contributed by atoms with Crippen molar-refractivity contribution in [2.24, 2.45) is 0 Å². The topological polar surface area (TPSA) is 24.5 Å². The highest BCUT2D eigenvalue weighted by Gasteiger charge is 2.27. The molecule has 0 bridgehead atoms. The van der Waals surface area contributed by atoms with Crippen LogP contribution in [0.3, 0.4) is 0 Å². The van der Waals surface area contributed by atoms with Crippen LogP contribution in [-0.4, -0.2) is 38.2 Å². The number of hydrogen-bond donors (Lipinski definition) is 1. The molecule has 1 atom stereocenters. The predicted octanol–water partition coefficient (Wildman–Crippen LogP) is 3.65. The zero-order chi connectivity index (χ0) is 16.2. The van der Waals surface area contributed by atoms with Crippen LogP contribution >= 0.6 is 11.6 Å². The summed E-state index contributed by atoms with van der Waals surface area (Å²) >= 11 is 6.30. The fraction of sp³-hybridized carbons (Fsp3) is 0.368. The van der Waals surface area contributed by atoms with Crippen LogP contribution in [0.5, 0.6) is 5.75 Å². The van der Waals surface area contributed by atoms with Gasteiger partial charge in [0.2, 0.25) is 0 Å². The average molecular weight is 331 g/mol. The van der Waals surface area contributed by atoms with Crippen LogP contribution in [0.15, 0.2) is 42.5 Å². The van der Waals surface area contributed by atoms with Gasteiger partial charge in [-0.05, 0) is 36.2 Å². The number of nitrogens with zero attached hydrogens (tertiary/aromatic N) is 1. The van der Waals surface area contributed by atoms with Crippen LogP contribution in [0, 0.1) is 6.92 Å². The maximum atomic E-state index is 6.30. The summed E-state index contributed by atoms with van der Waals surface area (Å²) in [6.45, 7) is 6.20. The minimum atomic E-state index is 0.159. The number of aryl methyl sites for hydroxylation is 1. The summed E-state index contributed by atoms with van der Waals surface area (Å²) in [7, 11) is 1.72. The highest BCUT2D eigenvalue weighted by atomic mass is 35.5. The molecule has 1 aliphatic heterocycles. The monoisotopic (exact) mass is 330 g/mol. The number of rotatable bonds is 4. The smallest absolute Gasteiger partial charge is 0.124 e. The highest BCUT2D eigenvalue weighted by Crippen LogP contribution is 2.37. The first kappa shape index (κ1) is 16.3. The summed E-state index contributed by atoms with van der Waals surface area (Å²) in [4.78, 5) is 2.51. The van der Waals surface area contributed by atoms with E-state index in [1.54, 1.807) is 7.11 Å². The van der Waals surface area contributed by atoms with Crippen LogP contribution in [0.4, 0.5) is 0 Å². The molecule has 1 N–H and O–H groups in total. The van der Waals surface area contributed by atoms with Crippen molar-refractivity contribution in [1.29, 1.82) is 0 Å². The molecule has 3 nitrogen and oxygen atoms in total. The Kier molecular flexibility index (Phi) is 5.21. The van der Waals surface area contributed by atoms with Gasteiger partial charge < -0.3 is 10.1 Å². The number of methoxy groups -OCH3 is 1. The molecule has 0 spiro atoms. The lowest BCUT2D eigenvalue weighted by Gasteiger charge is -2.36. The van der Waals surface area contributed by atoms with E-state index in [0.29, 0.717) is 0 Å². The van der Waals surface area contributed by atoms with E-state index in [2.05, 4.69) is 41.4 Å². The summed E-state index contributed by atoms with van der Waals surface area (Å²) < 4.78 is 5.63. The van der Waals surface area contributed by atoms with Gasteiger partial charge in [-0.3, -0.25) is 4.90 Å². The van der Waals surface area contributed by atoms with Gasteiger partial charge in [-0.1, -0.05) is 35.9 Å². The van der Waals surface area contributed by atoms with Gasteiger partial charge in [-0.2, -0.15) is 0 Å². The quantitative estimate of drug-likeness (QED) is 0.926. The third-order valence-corrected chi connectivity index (χ3v) is 4.72. The molecule has 1 saturated heterocycles. The lowest BCUT2D eigenvalue weighted by molar-refractivity contribution is 0.195.